The molecule has 21 heteroatoms. The summed E-state index contributed by atoms with van der Waals surface area (Å²) in [5, 5.41) is 0.615. The van der Waals surface area contributed by atoms with Crippen molar-refractivity contribution in [3.63, 3.8) is 0 Å². The predicted octanol–water partition coefficient (Wildman–Crippen LogP) is 25.2. The molecule has 0 bridgehead atoms. The molecule has 1 saturated heterocycles. The first kappa shape index (κ1) is 100. The molecule has 0 saturated carbocycles. The summed E-state index contributed by atoms with van der Waals surface area (Å²) in [5.74, 6) is 4.79. The molecule has 0 radical (unpaired) electrons. The molecule has 17 rings (SSSR count). The Labute approximate surface area is 821 Å². The van der Waals surface area contributed by atoms with Crippen molar-refractivity contribution in [2.75, 3.05) is 135 Å². The minimum absolute atomic E-state index is 0.220. The number of anilines is 2. The summed E-state index contributed by atoms with van der Waals surface area (Å²) >= 11 is 6.33. The topological polar surface area (TPSA) is 159 Å². The van der Waals surface area contributed by atoms with Crippen LogP contribution in [0.4, 0.5) is 36.2 Å². The summed E-state index contributed by atoms with van der Waals surface area (Å²) in [7, 11) is 21.7. The maximum Gasteiger partial charge on any atom is 0.415 e. The Morgan fingerprint density at radius 3 is 1.28 bits per heavy atom. The molecule has 0 N–H and O–H groups in total. The summed E-state index contributed by atoms with van der Waals surface area (Å²) in [6.45, 7) is 13.4. The number of hydrogen-bond donors (Lipinski definition) is 0. The lowest BCUT2D eigenvalue weighted by Crippen LogP contribution is -2.51. The number of hydrogen-bond acceptors (Lipinski definition) is 16. The summed E-state index contributed by atoms with van der Waals surface area (Å²) in [4.78, 5) is 75.9. The van der Waals surface area contributed by atoms with E-state index >= 15 is 0 Å². The van der Waals surface area contributed by atoms with Gasteiger partial charge >= 0.3 is 24.4 Å². The van der Waals surface area contributed by atoms with Crippen molar-refractivity contribution in [1.82, 2.24) is 44.1 Å². The van der Waals surface area contributed by atoms with Crippen molar-refractivity contribution < 1.29 is 42.9 Å². The molecule has 12 aromatic carbocycles. The fourth-order valence-corrected chi connectivity index (χ4v) is 18.0. The second-order valence-electron chi connectivity index (χ2n) is 37.0. The molecule has 3 heterocycles. The minimum Gasteiger partial charge on any atom is -0.454 e. The number of halogens is 1. The molecule has 2 aliphatic carbocycles. The van der Waals surface area contributed by atoms with Crippen LogP contribution in [0.2, 0.25) is 5.02 Å². The number of rotatable bonds is 23. The van der Waals surface area contributed by atoms with Gasteiger partial charge in [-0.05, 0) is 310 Å². The van der Waals surface area contributed by atoms with Crippen LogP contribution in [-0.2, 0) is 25.7 Å². The van der Waals surface area contributed by atoms with Crippen LogP contribution in [-0.4, -0.2) is 204 Å². The normalized spacial score (nSPS) is 14.2. The van der Waals surface area contributed by atoms with Crippen molar-refractivity contribution in [2.45, 2.75) is 109 Å². The lowest BCUT2D eigenvalue weighted by Gasteiger charge is -2.36. The lowest BCUT2D eigenvalue weighted by molar-refractivity contribution is 0.130. The Morgan fingerprint density at radius 2 is 0.804 bits per heavy atom. The van der Waals surface area contributed by atoms with Gasteiger partial charge in [0.15, 0.2) is 5.75 Å². The number of nitrogens with zero attached hydrogens (tertiary/aromatic N) is 11. The smallest absolute Gasteiger partial charge is 0.415 e. The zero-order valence-corrected chi connectivity index (χ0v) is 83.3. The van der Waals surface area contributed by atoms with Crippen LogP contribution in [0, 0.1) is 0 Å². The Morgan fingerprint density at radius 1 is 0.406 bits per heavy atom. The molecule has 0 unspecified atom stereocenters. The number of carbonyl (C=O) groups excluding carboxylic acids is 4. The van der Waals surface area contributed by atoms with Gasteiger partial charge in [-0.2, -0.15) is 0 Å². The van der Waals surface area contributed by atoms with Crippen LogP contribution in [0.15, 0.2) is 296 Å². The van der Waals surface area contributed by atoms with Gasteiger partial charge in [0.25, 0.3) is 0 Å². The van der Waals surface area contributed by atoms with E-state index in [2.05, 4.69) is 239 Å². The van der Waals surface area contributed by atoms with Crippen molar-refractivity contribution >= 4 is 76.6 Å². The molecule has 1 fully saturated rings. The number of ether oxygens (including phenoxy) is 5. The van der Waals surface area contributed by atoms with Crippen molar-refractivity contribution in [3.8, 4) is 34.5 Å². The number of carbonyl (C=O) groups is 4. The van der Waals surface area contributed by atoms with E-state index in [0.29, 0.717) is 91.3 Å². The fourth-order valence-electron chi connectivity index (χ4n) is 17.8. The van der Waals surface area contributed by atoms with E-state index in [1.807, 2.05) is 185 Å². The highest BCUT2D eigenvalue weighted by Crippen LogP contribution is 2.43. The fraction of sp³-hybridized carbons (Fsp3) is 0.308. The molecular weight excluding hydrogens is 1740 g/mol. The zero-order valence-electron chi connectivity index (χ0n) is 82.5. The van der Waals surface area contributed by atoms with E-state index < -0.39 is 0 Å². The highest BCUT2D eigenvalue weighted by atomic mass is 35.5. The summed E-state index contributed by atoms with van der Waals surface area (Å²) in [6, 6.07) is 97.1. The average Bonchev–Trinajstić information content (AvgIpc) is 1.63. The van der Waals surface area contributed by atoms with Crippen LogP contribution in [0.25, 0.3) is 17.7 Å². The van der Waals surface area contributed by atoms with Crippen LogP contribution in [0.5, 0.6) is 34.5 Å². The second-order valence-corrected chi connectivity index (χ2v) is 37.4. The maximum absolute atomic E-state index is 12.9. The predicted molar refractivity (Wildman–Crippen MR) is 560 cm³/mol. The van der Waals surface area contributed by atoms with E-state index in [9.17, 15) is 19.2 Å². The molecule has 138 heavy (non-hydrogen) atoms. The third-order valence-electron chi connectivity index (χ3n) is 26.9. The summed E-state index contributed by atoms with van der Waals surface area (Å²) < 4.78 is 28.9. The number of piperazine rings is 1. The Hall–Kier alpha value is -13.6. The molecule has 4 amide bonds. The second kappa shape index (κ2) is 47.9. The molecule has 12 aromatic rings. The monoisotopic (exact) mass is 1870 g/mol. The van der Waals surface area contributed by atoms with Gasteiger partial charge in [0.2, 0.25) is 0 Å². The first-order valence-electron chi connectivity index (χ1n) is 48.1. The Kier molecular flexibility index (Phi) is 34.8. The number of benzene rings is 12. The lowest BCUT2D eigenvalue weighted by atomic mass is 9.84. The molecule has 0 aromatic heterocycles. The molecular formula is C117H132ClN11O9. The largest absolute Gasteiger partial charge is 0.454 e. The number of para-hydroxylation sites is 4. The van der Waals surface area contributed by atoms with E-state index in [0.717, 1.165) is 97.3 Å². The highest BCUT2D eigenvalue weighted by Gasteiger charge is 2.31. The van der Waals surface area contributed by atoms with Gasteiger partial charge in [0.1, 0.15) is 40.3 Å². The SMILES string of the molecule is C[C@@H](c1cccc(OC(=O)N(C)CCC=C2c3ccccc3CCc3ccccc32)c1)N(C)C.C[C@@H](c1cccc(OC(=O)N(C)CCCC2c3ccccc3C=Cc3ccccc32)c1)N(C)C.C[C@@H](c1cccc(OC(=O)N(C)CCCN2c3ccccc3CCc3ccccc32)c1)N(C)C.C[C@@H](c1cccc(OC(=O)N2CCN(C3=Nc4ccccc4Oc4ccc(Cl)cc43)CC2)c1)N(C)C. The van der Waals surface area contributed by atoms with Crippen molar-refractivity contribution in [3.05, 3.63) is 380 Å². The number of amides is 4. The van der Waals surface area contributed by atoms with Gasteiger partial charge in [0.05, 0.1) is 5.56 Å². The number of amidine groups is 1. The third-order valence-corrected chi connectivity index (χ3v) is 27.1. The van der Waals surface area contributed by atoms with Gasteiger partial charge in [-0.1, -0.05) is 224 Å². The van der Waals surface area contributed by atoms with Gasteiger partial charge in [-0.3, -0.25) is 0 Å². The summed E-state index contributed by atoms with van der Waals surface area (Å²) in [5.41, 5.74) is 23.2. The molecule has 0 spiro atoms. The van der Waals surface area contributed by atoms with Crippen LogP contribution < -0.4 is 28.6 Å². The Balaban J connectivity index is 0.000000147. The highest BCUT2D eigenvalue weighted by molar-refractivity contribution is 6.31. The molecule has 20 nitrogen and oxygen atoms in total. The van der Waals surface area contributed by atoms with E-state index in [-0.39, 0.29) is 48.5 Å². The first-order valence-corrected chi connectivity index (χ1v) is 48.5. The Bertz CT molecular complexity index is 6050. The third kappa shape index (κ3) is 26.0. The van der Waals surface area contributed by atoms with Crippen molar-refractivity contribution in [1.29, 1.82) is 0 Å². The molecule has 3 aliphatic heterocycles. The zero-order chi connectivity index (χ0) is 97.5. The van der Waals surface area contributed by atoms with E-state index in [4.69, 9.17) is 40.3 Å². The van der Waals surface area contributed by atoms with Gasteiger partial charge in [0, 0.05) is 120 Å². The molecule has 716 valence electrons. The van der Waals surface area contributed by atoms with Crippen LogP contribution >= 0.6 is 11.6 Å². The van der Waals surface area contributed by atoms with Gasteiger partial charge in [-0.15, -0.1) is 0 Å². The van der Waals surface area contributed by atoms with Crippen molar-refractivity contribution in [2.24, 2.45) is 4.99 Å². The quantitative estimate of drug-likeness (QED) is 0.0595. The summed E-state index contributed by atoms with van der Waals surface area (Å²) in [6.07, 6.45) is 13.0. The number of aryl methyl sites for hydroxylation is 4. The van der Waals surface area contributed by atoms with E-state index in [1.54, 1.807) is 33.7 Å². The number of aliphatic imine (C=N–C) groups is 1. The first-order chi connectivity index (χ1) is 66.7. The maximum atomic E-state index is 12.9. The standard InChI is InChI=1S/2C30H34N2O2.C29H35N3O2.C28H29ClN4O3/c2*1-22(31(2)3)25-13-9-14-26(21-25)34-30(33)32(4)20-10-17-29-27-15-7-5-11-23(27)18-19-24-12-6-8-16-28(24)29;1-22(30(2)3)25-13-9-14-26(21-25)34-29(33)31(4)19-10-20-32-27-15-7-5-11-23(27)17-18-24-12-6-8-16-28(24)32;1-19(31(2)3)20-7-6-8-22(17-20)35-28(34)33-15-13-32(14-16-33)27-23-18-21(29)11-12-25(23)36-26-10-5-4-9-24(26)30-27/h5-9,11-16,18-19,21-22,29H,10,17,20H2,1-4H3;5-9,11-17,21-22H,10,18-20H2,1-4H3;5-9,11-16,21-22H,10,17-20H2,1-4H3;4-12,17-19H,13-16H2,1-3H3/t3*22-;19-/m0000/s1. The minimum atomic E-state index is -0.343. The van der Waals surface area contributed by atoms with Crippen LogP contribution in [0.1, 0.15) is 167 Å². The van der Waals surface area contributed by atoms with E-state index in [1.165, 1.54) is 72.6 Å². The number of fused-ring (bicyclic) bond motifs is 8. The molecule has 4 atom stereocenters. The average molecular weight is 1870 g/mol. The van der Waals surface area contributed by atoms with Gasteiger partial charge in [-0.25, -0.2) is 24.2 Å². The van der Waals surface area contributed by atoms with Gasteiger partial charge < -0.3 is 72.7 Å². The molecule has 5 aliphatic rings. The van der Waals surface area contributed by atoms with Crippen LogP contribution in [0.3, 0.4) is 0 Å².